The number of hydrogen-bond donors (Lipinski definition) is 2. The number of aromatic nitrogens is 3. The lowest BCUT2D eigenvalue weighted by Gasteiger charge is -2.07. The zero-order chi connectivity index (χ0) is 15.5. The van der Waals surface area contributed by atoms with Gasteiger partial charge in [-0.1, -0.05) is 23.2 Å². The number of rotatable bonds is 4. The Morgan fingerprint density at radius 3 is 2.82 bits per heavy atom. The van der Waals surface area contributed by atoms with E-state index < -0.39 is 0 Å². The van der Waals surface area contributed by atoms with Crippen molar-refractivity contribution in [1.82, 2.24) is 15.2 Å². The van der Waals surface area contributed by atoms with Crippen molar-refractivity contribution in [2.24, 2.45) is 0 Å². The Labute approximate surface area is 135 Å². The van der Waals surface area contributed by atoms with Gasteiger partial charge in [0.05, 0.1) is 23.4 Å². The number of nitrogens with zero attached hydrogens (tertiary/aromatic N) is 2. The quantitative estimate of drug-likeness (QED) is 0.762. The Morgan fingerprint density at radius 2 is 2.09 bits per heavy atom. The van der Waals surface area contributed by atoms with Gasteiger partial charge in [-0.25, -0.2) is 0 Å². The van der Waals surface area contributed by atoms with Crippen LogP contribution in [0.4, 0.5) is 11.6 Å². The van der Waals surface area contributed by atoms with Crippen LogP contribution in [0.15, 0.2) is 45.8 Å². The van der Waals surface area contributed by atoms with Gasteiger partial charge in [-0.2, -0.15) is 0 Å². The van der Waals surface area contributed by atoms with Gasteiger partial charge in [-0.05, 0) is 30.3 Å². The molecule has 0 saturated heterocycles. The van der Waals surface area contributed by atoms with Crippen LogP contribution < -0.4 is 10.9 Å². The average Bonchev–Trinajstić information content (AvgIpc) is 2.99. The van der Waals surface area contributed by atoms with Crippen molar-refractivity contribution < 1.29 is 4.42 Å². The van der Waals surface area contributed by atoms with Crippen molar-refractivity contribution in [3.05, 3.63) is 68.4 Å². The van der Waals surface area contributed by atoms with Crippen LogP contribution in [0.2, 0.25) is 10.0 Å². The topological polar surface area (TPSA) is 83.8 Å². The van der Waals surface area contributed by atoms with E-state index in [0.717, 1.165) is 0 Å². The first-order valence-corrected chi connectivity index (χ1v) is 7.08. The Morgan fingerprint density at radius 1 is 1.23 bits per heavy atom. The first-order chi connectivity index (χ1) is 10.6. The molecule has 2 heterocycles. The molecular weight excluding hydrogens is 327 g/mol. The van der Waals surface area contributed by atoms with Crippen LogP contribution >= 0.6 is 23.2 Å². The highest BCUT2D eigenvalue weighted by atomic mass is 35.5. The lowest BCUT2D eigenvalue weighted by Crippen LogP contribution is -2.18. The van der Waals surface area contributed by atoms with Crippen molar-refractivity contribution >= 4 is 34.8 Å². The van der Waals surface area contributed by atoms with E-state index in [9.17, 15) is 4.79 Å². The van der Waals surface area contributed by atoms with Crippen LogP contribution in [0.3, 0.4) is 0 Å². The van der Waals surface area contributed by atoms with E-state index in [2.05, 4.69) is 20.5 Å². The van der Waals surface area contributed by atoms with Crippen LogP contribution in [0.5, 0.6) is 0 Å². The molecule has 6 nitrogen and oxygen atoms in total. The van der Waals surface area contributed by atoms with E-state index in [0.29, 0.717) is 21.5 Å². The summed E-state index contributed by atoms with van der Waals surface area (Å²) in [5, 5.41) is 11.7. The number of aromatic amines is 1. The predicted molar refractivity (Wildman–Crippen MR) is 83.9 cm³/mol. The minimum atomic E-state index is -0.355. The molecule has 0 bridgehead atoms. The third-order valence-corrected chi connectivity index (χ3v) is 3.43. The Balaban J connectivity index is 1.83. The van der Waals surface area contributed by atoms with E-state index in [-0.39, 0.29) is 23.6 Å². The number of benzene rings is 1. The van der Waals surface area contributed by atoms with Crippen LogP contribution in [0.25, 0.3) is 0 Å². The molecule has 112 valence electrons. The van der Waals surface area contributed by atoms with Crippen molar-refractivity contribution in [2.75, 3.05) is 5.32 Å². The van der Waals surface area contributed by atoms with Crippen LogP contribution in [-0.2, 0) is 6.42 Å². The minimum Gasteiger partial charge on any atom is -0.469 e. The molecule has 1 aromatic carbocycles. The molecule has 0 unspecified atom stereocenters. The van der Waals surface area contributed by atoms with Crippen LogP contribution in [0, 0.1) is 0 Å². The molecule has 0 aliphatic rings. The molecule has 0 aliphatic heterocycles. The number of nitrogens with one attached hydrogen (secondary N) is 2. The van der Waals surface area contributed by atoms with E-state index in [1.165, 1.54) is 6.26 Å². The molecule has 8 heteroatoms. The molecule has 0 amide bonds. The first-order valence-electron chi connectivity index (χ1n) is 6.32. The Kier molecular flexibility index (Phi) is 4.13. The summed E-state index contributed by atoms with van der Waals surface area (Å²) in [6.45, 7) is 0. The number of H-pyrrole nitrogens is 1. The Hall–Kier alpha value is -2.31. The lowest BCUT2D eigenvalue weighted by atomic mass is 10.2. The highest BCUT2D eigenvalue weighted by Gasteiger charge is 2.09. The largest absolute Gasteiger partial charge is 0.469 e. The third-order valence-electron chi connectivity index (χ3n) is 2.87. The fourth-order valence-corrected chi connectivity index (χ4v) is 2.17. The van der Waals surface area contributed by atoms with Gasteiger partial charge in [0, 0.05) is 5.02 Å². The number of anilines is 2. The smallest absolute Gasteiger partial charge is 0.274 e. The van der Waals surface area contributed by atoms with E-state index in [1.54, 1.807) is 30.3 Å². The molecule has 2 aromatic heterocycles. The second-order valence-corrected chi connectivity index (χ2v) is 5.30. The summed E-state index contributed by atoms with van der Waals surface area (Å²) in [4.78, 5) is 14.6. The zero-order valence-electron chi connectivity index (χ0n) is 11.1. The van der Waals surface area contributed by atoms with Crippen LogP contribution in [0.1, 0.15) is 11.5 Å². The highest BCUT2D eigenvalue weighted by Crippen LogP contribution is 2.26. The summed E-state index contributed by atoms with van der Waals surface area (Å²) >= 11 is 11.9. The zero-order valence-corrected chi connectivity index (χ0v) is 12.6. The van der Waals surface area contributed by atoms with Gasteiger partial charge >= 0.3 is 0 Å². The lowest BCUT2D eigenvalue weighted by molar-refractivity contribution is 0.517. The third kappa shape index (κ3) is 3.29. The second kappa shape index (κ2) is 6.21. The molecule has 3 rings (SSSR count). The average molecular weight is 337 g/mol. The summed E-state index contributed by atoms with van der Waals surface area (Å²) in [6.07, 6.45) is 1.81. The van der Waals surface area contributed by atoms with Gasteiger partial charge in [-0.15, -0.1) is 10.2 Å². The summed E-state index contributed by atoms with van der Waals surface area (Å²) in [7, 11) is 0. The summed E-state index contributed by atoms with van der Waals surface area (Å²) in [5.74, 6) is 0.816. The standard InChI is InChI=1S/C14H10Cl2N4O2/c15-8-3-4-10(16)11(6-8)17-14-18-13(21)12(19-20-14)7-9-2-1-5-22-9/h1-6H,7H2,(H2,17,18,20,21). The van der Waals surface area contributed by atoms with Crippen LogP contribution in [-0.4, -0.2) is 15.2 Å². The van der Waals surface area contributed by atoms with Gasteiger partial charge < -0.3 is 9.73 Å². The van der Waals surface area contributed by atoms with Crippen molar-refractivity contribution in [1.29, 1.82) is 0 Å². The maximum Gasteiger partial charge on any atom is 0.274 e. The highest BCUT2D eigenvalue weighted by molar-refractivity contribution is 6.35. The minimum absolute atomic E-state index is 0.178. The monoisotopic (exact) mass is 336 g/mol. The van der Waals surface area contributed by atoms with Gasteiger partial charge in [0.1, 0.15) is 11.5 Å². The summed E-state index contributed by atoms with van der Waals surface area (Å²) in [5.41, 5.74) is 0.433. The molecule has 0 fully saturated rings. The van der Waals surface area contributed by atoms with E-state index in [4.69, 9.17) is 27.6 Å². The van der Waals surface area contributed by atoms with Gasteiger partial charge in [0.2, 0.25) is 5.95 Å². The molecule has 22 heavy (non-hydrogen) atoms. The van der Waals surface area contributed by atoms with E-state index in [1.807, 2.05) is 0 Å². The van der Waals surface area contributed by atoms with Crippen molar-refractivity contribution in [3.63, 3.8) is 0 Å². The molecule has 0 saturated carbocycles. The molecule has 3 aromatic rings. The van der Waals surface area contributed by atoms with Gasteiger partial charge in [-0.3, -0.25) is 9.78 Å². The summed E-state index contributed by atoms with van der Waals surface area (Å²) in [6, 6.07) is 8.44. The molecule has 0 radical (unpaired) electrons. The number of furan rings is 1. The molecule has 0 atom stereocenters. The van der Waals surface area contributed by atoms with Crippen molar-refractivity contribution in [3.8, 4) is 0 Å². The second-order valence-electron chi connectivity index (χ2n) is 4.45. The Bertz CT molecular complexity index is 846. The SMILES string of the molecule is O=c1[nH]c(Nc2cc(Cl)ccc2Cl)nnc1Cc1ccco1. The van der Waals surface area contributed by atoms with Gasteiger partial charge in [0.15, 0.2) is 0 Å². The van der Waals surface area contributed by atoms with Gasteiger partial charge in [0.25, 0.3) is 5.56 Å². The maximum atomic E-state index is 12.0. The fourth-order valence-electron chi connectivity index (χ4n) is 1.83. The summed E-state index contributed by atoms with van der Waals surface area (Å²) < 4.78 is 5.18. The van der Waals surface area contributed by atoms with E-state index >= 15 is 0 Å². The number of hydrogen-bond acceptors (Lipinski definition) is 5. The molecule has 0 spiro atoms. The number of halogens is 2. The fraction of sp³-hybridized carbons (Fsp3) is 0.0714. The first kappa shape index (κ1) is 14.6. The molecule has 0 aliphatic carbocycles. The predicted octanol–water partition coefficient (Wildman–Crippen LogP) is 3.40. The van der Waals surface area contributed by atoms with Crippen molar-refractivity contribution in [2.45, 2.75) is 6.42 Å². The normalized spacial score (nSPS) is 10.6. The molecular formula is C14H10Cl2N4O2. The maximum absolute atomic E-state index is 12.0. The molecule has 2 N–H and O–H groups in total.